The Labute approximate surface area is 145 Å². The van der Waals surface area contributed by atoms with Crippen molar-refractivity contribution in [2.45, 2.75) is 0 Å². The van der Waals surface area contributed by atoms with E-state index in [1.54, 1.807) is 0 Å². The summed E-state index contributed by atoms with van der Waals surface area (Å²) in [6.45, 7) is 0. The Morgan fingerprint density at radius 2 is 1.00 bits per heavy atom. The van der Waals surface area contributed by atoms with E-state index in [0.29, 0.717) is 0 Å². The second kappa shape index (κ2) is 5.85. The van der Waals surface area contributed by atoms with E-state index in [9.17, 15) is 0 Å². The van der Waals surface area contributed by atoms with Crippen LogP contribution < -0.4 is 0 Å². The van der Waals surface area contributed by atoms with Crippen molar-refractivity contribution in [2.24, 2.45) is 0 Å². The first-order valence-corrected chi connectivity index (χ1v) is 11.9. The Hall–Kier alpha value is 0.920. The molecule has 0 spiro atoms. The molecule has 0 amide bonds. The third kappa shape index (κ3) is 2.34. The van der Waals surface area contributed by atoms with Crippen LogP contribution in [0.5, 0.6) is 0 Å². The molecule has 0 fully saturated rings. The van der Waals surface area contributed by atoms with Gasteiger partial charge < -0.3 is 9.80 Å². The molecule has 4 rings (SSSR count). The van der Waals surface area contributed by atoms with Gasteiger partial charge in [0.25, 0.3) is 0 Å². The van der Waals surface area contributed by atoms with Gasteiger partial charge in [0.05, 0.1) is 18.5 Å². The second-order valence-corrected chi connectivity index (χ2v) is 11.4. The third-order valence-corrected chi connectivity index (χ3v) is 11.7. The molecule has 4 aliphatic rings. The fourth-order valence-corrected chi connectivity index (χ4v) is 10.5. The lowest BCUT2D eigenvalue weighted by Crippen LogP contribution is -2.17. The summed E-state index contributed by atoms with van der Waals surface area (Å²) in [5.41, 5.74) is 0. The van der Waals surface area contributed by atoms with Crippen LogP contribution in [0.1, 0.15) is 0 Å². The number of hydrogen-bond acceptors (Lipinski definition) is 8. The van der Waals surface area contributed by atoms with Gasteiger partial charge in [-0.1, -0.05) is 23.5 Å². The van der Waals surface area contributed by atoms with Crippen LogP contribution in [0.25, 0.3) is 0 Å². The zero-order valence-corrected chi connectivity index (χ0v) is 16.1. The summed E-state index contributed by atoms with van der Waals surface area (Å²) < 4.78 is 3.01. The molecule has 0 unspecified atom stereocenters. The first-order chi connectivity index (χ1) is 9.75. The molecule has 0 aromatic heterocycles. The zero-order chi connectivity index (χ0) is 13.7. The van der Waals surface area contributed by atoms with E-state index in [1.807, 2.05) is 70.6 Å². The van der Waals surface area contributed by atoms with Crippen molar-refractivity contribution in [1.29, 1.82) is 0 Å². The third-order valence-electron chi connectivity index (χ3n) is 3.24. The van der Waals surface area contributed by atoms with Gasteiger partial charge in [-0.3, -0.25) is 0 Å². The molecule has 0 saturated heterocycles. The Bertz CT molecular complexity index is 504. The standard InChI is InChI=1S/C12H14N2S6/c1-13-7(19-11-9(13)15-3-5-17-11)8-14(2)10-12(20-8)18-6-4-16-10/h3-6H2,1-2H3/b8-7+. The van der Waals surface area contributed by atoms with Crippen LogP contribution in [-0.2, 0) is 0 Å². The quantitative estimate of drug-likeness (QED) is 0.591. The molecule has 0 atom stereocenters. The van der Waals surface area contributed by atoms with Crippen LogP contribution in [-0.4, -0.2) is 46.9 Å². The molecule has 0 bridgehead atoms. The van der Waals surface area contributed by atoms with Crippen molar-refractivity contribution in [1.82, 2.24) is 9.80 Å². The molecular formula is C12H14N2S6. The summed E-state index contributed by atoms with van der Waals surface area (Å²) in [5.74, 6) is 4.97. The molecule has 108 valence electrons. The molecule has 0 aliphatic carbocycles. The van der Waals surface area contributed by atoms with Crippen LogP contribution in [0.2, 0.25) is 0 Å². The lowest BCUT2D eigenvalue weighted by molar-refractivity contribution is 0.546. The minimum atomic E-state index is 1.24. The molecule has 2 nitrogen and oxygen atoms in total. The Balaban J connectivity index is 1.65. The Morgan fingerprint density at radius 3 is 1.40 bits per heavy atom. The second-order valence-electron chi connectivity index (χ2n) is 4.51. The number of nitrogens with zero attached hydrogens (tertiary/aromatic N) is 2. The smallest absolute Gasteiger partial charge is 0.112 e. The highest BCUT2D eigenvalue weighted by Gasteiger charge is 2.37. The van der Waals surface area contributed by atoms with Gasteiger partial charge in [-0.2, -0.15) is 0 Å². The largest absolute Gasteiger partial charge is 0.330 e. The molecule has 4 heterocycles. The maximum Gasteiger partial charge on any atom is 0.112 e. The first-order valence-electron chi connectivity index (χ1n) is 6.33. The summed E-state index contributed by atoms with van der Waals surface area (Å²) >= 11 is 12.0. The fraction of sp³-hybridized carbons (Fsp3) is 0.500. The van der Waals surface area contributed by atoms with Crippen molar-refractivity contribution < 1.29 is 0 Å². The summed E-state index contributed by atoms with van der Waals surface area (Å²) in [7, 11) is 4.45. The van der Waals surface area contributed by atoms with Crippen molar-refractivity contribution in [2.75, 3.05) is 37.1 Å². The number of rotatable bonds is 0. The lowest BCUT2D eigenvalue weighted by Gasteiger charge is -2.23. The molecule has 0 radical (unpaired) electrons. The van der Waals surface area contributed by atoms with Gasteiger partial charge in [0, 0.05) is 37.1 Å². The predicted octanol–water partition coefficient (Wildman–Crippen LogP) is 4.68. The topological polar surface area (TPSA) is 6.48 Å². The SMILES string of the molecule is CN1C2=C(SCCS2)S/C1=C1/SC2=C(SCCS2)N1C. The molecular weight excluding hydrogens is 365 g/mol. The Kier molecular flexibility index (Phi) is 4.24. The van der Waals surface area contributed by atoms with Gasteiger partial charge >= 0.3 is 0 Å². The molecule has 0 aromatic rings. The predicted molar refractivity (Wildman–Crippen MR) is 102 cm³/mol. The molecule has 4 aliphatic heterocycles. The van der Waals surface area contributed by atoms with E-state index in [1.165, 1.54) is 51.6 Å². The zero-order valence-electron chi connectivity index (χ0n) is 11.2. The average molecular weight is 379 g/mol. The highest BCUT2D eigenvalue weighted by molar-refractivity contribution is 8.28. The lowest BCUT2D eigenvalue weighted by atomic mass is 10.6. The fourth-order valence-electron chi connectivity index (χ4n) is 2.27. The van der Waals surface area contributed by atoms with E-state index in [4.69, 9.17) is 0 Å². The molecule has 0 saturated carbocycles. The van der Waals surface area contributed by atoms with E-state index >= 15 is 0 Å². The van der Waals surface area contributed by atoms with Gasteiger partial charge in [0.2, 0.25) is 0 Å². The van der Waals surface area contributed by atoms with Crippen LogP contribution in [0.4, 0.5) is 0 Å². The van der Waals surface area contributed by atoms with Gasteiger partial charge in [0.15, 0.2) is 0 Å². The minimum Gasteiger partial charge on any atom is -0.330 e. The van der Waals surface area contributed by atoms with Crippen molar-refractivity contribution >= 4 is 70.6 Å². The van der Waals surface area contributed by atoms with Crippen molar-refractivity contribution in [3.05, 3.63) is 28.6 Å². The molecule has 0 aromatic carbocycles. The molecule has 8 heteroatoms. The van der Waals surface area contributed by atoms with Gasteiger partial charge in [0.1, 0.15) is 10.1 Å². The molecule has 0 N–H and O–H groups in total. The Morgan fingerprint density at radius 1 is 0.600 bits per heavy atom. The van der Waals surface area contributed by atoms with Crippen LogP contribution in [0.15, 0.2) is 28.6 Å². The van der Waals surface area contributed by atoms with E-state index in [2.05, 4.69) is 23.9 Å². The van der Waals surface area contributed by atoms with Gasteiger partial charge in [-0.15, -0.1) is 47.0 Å². The maximum absolute atomic E-state index is 2.41. The number of hydrogen-bond donors (Lipinski definition) is 0. The highest BCUT2D eigenvalue weighted by atomic mass is 32.2. The minimum absolute atomic E-state index is 1.24. The van der Waals surface area contributed by atoms with E-state index < -0.39 is 0 Å². The van der Waals surface area contributed by atoms with E-state index in [-0.39, 0.29) is 0 Å². The summed E-state index contributed by atoms with van der Waals surface area (Å²) in [6, 6.07) is 0. The van der Waals surface area contributed by atoms with Crippen molar-refractivity contribution in [3.63, 3.8) is 0 Å². The van der Waals surface area contributed by atoms with Gasteiger partial charge in [-0.25, -0.2) is 0 Å². The molecule has 20 heavy (non-hydrogen) atoms. The maximum atomic E-state index is 2.41. The van der Waals surface area contributed by atoms with Crippen LogP contribution in [0.3, 0.4) is 0 Å². The first kappa shape index (κ1) is 14.5. The van der Waals surface area contributed by atoms with Crippen LogP contribution in [0, 0.1) is 0 Å². The van der Waals surface area contributed by atoms with Gasteiger partial charge in [-0.05, 0) is 0 Å². The normalized spacial score (nSPS) is 30.3. The average Bonchev–Trinajstić information content (AvgIpc) is 2.98. The van der Waals surface area contributed by atoms with E-state index in [0.717, 1.165) is 0 Å². The van der Waals surface area contributed by atoms with Crippen molar-refractivity contribution in [3.8, 4) is 0 Å². The number of thioether (sulfide) groups is 6. The highest BCUT2D eigenvalue weighted by Crippen LogP contribution is 2.59. The summed E-state index contributed by atoms with van der Waals surface area (Å²) in [5, 5.41) is 5.76. The summed E-state index contributed by atoms with van der Waals surface area (Å²) in [4.78, 5) is 4.81. The van der Waals surface area contributed by atoms with Crippen LogP contribution >= 0.6 is 70.6 Å². The monoisotopic (exact) mass is 378 g/mol. The summed E-state index contributed by atoms with van der Waals surface area (Å²) in [6.07, 6.45) is 0.